The summed E-state index contributed by atoms with van der Waals surface area (Å²) < 4.78 is 0. The van der Waals surface area contributed by atoms with E-state index in [1.54, 1.807) is 0 Å². The third kappa shape index (κ3) is 2.95. The molecule has 0 unspecified atom stereocenters. The number of Topliss-reactive ketones (excluding diaryl/α,β-unsaturated/α-hetero) is 2. The molecule has 4 rings (SSSR count). The first kappa shape index (κ1) is 19.7. The van der Waals surface area contributed by atoms with E-state index in [2.05, 4.69) is 52.2 Å². The van der Waals surface area contributed by atoms with Crippen LogP contribution in [0.2, 0.25) is 0 Å². The number of carbonyl (C=O) groups is 2. The maximum Gasteiger partial charge on any atom is 0.161 e. The molecule has 0 radical (unpaired) electrons. The van der Waals surface area contributed by atoms with E-state index in [0.29, 0.717) is 46.1 Å². The van der Waals surface area contributed by atoms with Crippen LogP contribution in [0, 0.1) is 34.5 Å². The molecule has 0 spiro atoms. The molecule has 0 aromatic carbocycles. The van der Waals surface area contributed by atoms with Crippen molar-refractivity contribution in [3.05, 3.63) is 22.5 Å². The summed E-state index contributed by atoms with van der Waals surface area (Å²) in [7, 11) is 0. The maximum absolute atomic E-state index is 12.2. The molecule has 4 nitrogen and oxygen atoms in total. The summed E-state index contributed by atoms with van der Waals surface area (Å²) in [6.45, 7) is 15.1. The van der Waals surface area contributed by atoms with Gasteiger partial charge in [-0.25, -0.2) is 0 Å². The molecule has 4 heteroatoms. The van der Waals surface area contributed by atoms with Gasteiger partial charge in [0.25, 0.3) is 0 Å². The highest BCUT2D eigenvalue weighted by Crippen LogP contribution is 2.68. The summed E-state index contributed by atoms with van der Waals surface area (Å²) in [6, 6.07) is 0. The van der Waals surface area contributed by atoms with Gasteiger partial charge in [0.15, 0.2) is 11.6 Å². The number of hydrogen-bond acceptors (Lipinski definition) is 4. The summed E-state index contributed by atoms with van der Waals surface area (Å²) in [5.74, 6) is 2.80. The van der Waals surface area contributed by atoms with Gasteiger partial charge in [-0.2, -0.15) is 0 Å². The fourth-order valence-electron chi connectivity index (χ4n) is 6.24. The van der Waals surface area contributed by atoms with Gasteiger partial charge in [0.1, 0.15) is 0 Å². The molecule has 0 heterocycles. The highest BCUT2D eigenvalue weighted by atomic mass is 16.1. The third-order valence-corrected chi connectivity index (χ3v) is 8.33. The van der Waals surface area contributed by atoms with Gasteiger partial charge in [0.2, 0.25) is 0 Å². The molecule has 4 atom stereocenters. The standard InChI is InChI=1S/C24H36N2O2/c1-13(19-17(27)11-15-21(19)23(15,3)4)25-9-7-8-10-26-14(2)20-18(28)12-16-22(20)24(16,5)6/h15-16,21-22,25-26H,7-12H2,1-6H3/b19-13+,20-14+/t15-,16-,21-,22-/m1/s1. The van der Waals surface area contributed by atoms with Crippen LogP contribution in [0.4, 0.5) is 0 Å². The maximum atomic E-state index is 12.2. The van der Waals surface area contributed by atoms with Crippen molar-refractivity contribution in [1.29, 1.82) is 0 Å². The monoisotopic (exact) mass is 384 g/mol. The SMILES string of the molecule is C/C(NCCCCN/C(C)=C1\C(=O)C[C@@H]2[C@H]1C2(C)C)=C1/C(=O)C[C@@H]2[C@H]1C2(C)C. The van der Waals surface area contributed by atoms with E-state index in [0.717, 1.165) is 61.3 Å². The van der Waals surface area contributed by atoms with Crippen LogP contribution in [0.25, 0.3) is 0 Å². The first-order valence-corrected chi connectivity index (χ1v) is 11.0. The summed E-state index contributed by atoms with van der Waals surface area (Å²) in [5.41, 5.74) is 4.94. The van der Waals surface area contributed by atoms with Crippen molar-refractivity contribution >= 4 is 11.6 Å². The van der Waals surface area contributed by atoms with Gasteiger partial charge in [-0.15, -0.1) is 0 Å². The zero-order chi connectivity index (χ0) is 20.4. The van der Waals surface area contributed by atoms with E-state index in [4.69, 9.17) is 0 Å². The van der Waals surface area contributed by atoms with Crippen LogP contribution in [-0.2, 0) is 9.59 Å². The molecule has 28 heavy (non-hydrogen) atoms. The van der Waals surface area contributed by atoms with Crippen LogP contribution in [0.3, 0.4) is 0 Å². The Bertz CT molecular complexity index is 720. The van der Waals surface area contributed by atoms with E-state index in [1.807, 2.05) is 0 Å². The van der Waals surface area contributed by atoms with Crippen LogP contribution in [0.5, 0.6) is 0 Å². The zero-order valence-corrected chi connectivity index (χ0v) is 18.4. The lowest BCUT2D eigenvalue weighted by Gasteiger charge is -2.15. The molecule has 4 saturated carbocycles. The highest BCUT2D eigenvalue weighted by Gasteiger charge is 2.66. The normalized spacial score (nSPS) is 37.4. The fraction of sp³-hybridized carbons (Fsp3) is 0.750. The van der Waals surface area contributed by atoms with Crippen molar-refractivity contribution in [2.75, 3.05) is 13.1 Å². The molecule has 0 aliphatic heterocycles. The topological polar surface area (TPSA) is 58.2 Å². The van der Waals surface area contributed by atoms with Crippen LogP contribution in [-0.4, -0.2) is 24.7 Å². The second-order valence-corrected chi connectivity index (χ2v) is 10.7. The summed E-state index contributed by atoms with van der Waals surface area (Å²) in [4.78, 5) is 24.5. The van der Waals surface area contributed by atoms with E-state index in [1.165, 1.54) is 0 Å². The summed E-state index contributed by atoms with van der Waals surface area (Å²) in [6.07, 6.45) is 3.58. The Morgan fingerprint density at radius 3 is 1.46 bits per heavy atom. The molecule has 0 amide bonds. The molecular weight excluding hydrogens is 348 g/mol. The van der Waals surface area contributed by atoms with Gasteiger partial charge in [-0.3, -0.25) is 9.59 Å². The van der Waals surface area contributed by atoms with Crippen LogP contribution in [0.1, 0.15) is 67.2 Å². The zero-order valence-electron chi connectivity index (χ0n) is 18.4. The number of ketones is 2. The van der Waals surface area contributed by atoms with Gasteiger partial charge >= 0.3 is 0 Å². The lowest BCUT2D eigenvalue weighted by atomic mass is 9.95. The molecule has 0 bridgehead atoms. The highest BCUT2D eigenvalue weighted by molar-refractivity contribution is 6.01. The lowest BCUT2D eigenvalue weighted by molar-refractivity contribution is -0.116. The molecule has 154 valence electrons. The quantitative estimate of drug-likeness (QED) is 0.515. The number of unbranched alkanes of at least 4 members (excludes halogenated alkanes) is 1. The van der Waals surface area contributed by atoms with Crippen molar-refractivity contribution in [1.82, 2.24) is 10.6 Å². The largest absolute Gasteiger partial charge is 0.388 e. The van der Waals surface area contributed by atoms with Crippen molar-refractivity contribution < 1.29 is 9.59 Å². The predicted octanol–water partition coefficient (Wildman–Crippen LogP) is 3.98. The Balaban J connectivity index is 1.21. The molecule has 4 aliphatic rings. The average Bonchev–Trinajstić information content (AvgIpc) is 3.14. The van der Waals surface area contributed by atoms with Crippen LogP contribution in [0.15, 0.2) is 22.5 Å². The number of nitrogens with one attached hydrogen (secondary N) is 2. The molecule has 0 aromatic rings. The van der Waals surface area contributed by atoms with Crippen LogP contribution < -0.4 is 10.6 Å². The van der Waals surface area contributed by atoms with Crippen molar-refractivity contribution in [2.45, 2.75) is 67.2 Å². The second-order valence-electron chi connectivity index (χ2n) is 10.7. The predicted molar refractivity (Wildman–Crippen MR) is 111 cm³/mol. The lowest BCUT2D eigenvalue weighted by Crippen LogP contribution is -2.21. The average molecular weight is 385 g/mol. The molecule has 0 saturated heterocycles. The van der Waals surface area contributed by atoms with Crippen molar-refractivity contribution in [3.8, 4) is 0 Å². The van der Waals surface area contributed by atoms with Gasteiger partial charge in [0.05, 0.1) is 0 Å². The first-order chi connectivity index (χ1) is 13.1. The van der Waals surface area contributed by atoms with E-state index >= 15 is 0 Å². The minimum absolute atomic E-state index is 0.313. The van der Waals surface area contributed by atoms with Gasteiger partial charge in [0, 0.05) is 48.5 Å². The third-order valence-electron chi connectivity index (χ3n) is 8.33. The van der Waals surface area contributed by atoms with E-state index in [-0.39, 0.29) is 0 Å². The number of rotatable bonds is 7. The van der Waals surface area contributed by atoms with E-state index < -0.39 is 0 Å². The van der Waals surface area contributed by atoms with Crippen molar-refractivity contribution in [3.63, 3.8) is 0 Å². The second kappa shape index (κ2) is 6.47. The smallest absolute Gasteiger partial charge is 0.161 e. The van der Waals surface area contributed by atoms with Crippen molar-refractivity contribution in [2.24, 2.45) is 34.5 Å². The summed E-state index contributed by atoms with van der Waals surface area (Å²) in [5, 5.41) is 6.98. The van der Waals surface area contributed by atoms with Crippen LogP contribution >= 0.6 is 0 Å². The molecule has 0 aromatic heterocycles. The van der Waals surface area contributed by atoms with Gasteiger partial charge in [-0.05, 0) is 61.2 Å². The number of allylic oxidation sites excluding steroid dienone is 4. The van der Waals surface area contributed by atoms with Gasteiger partial charge in [-0.1, -0.05) is 27.7 Å². The Kier molecular flexibility index (Phi) is 4.55. The number of fused-ring (bicyclic) bond motifs is 2. The molecule has 4 aliphatic carbocycles. The minimum atomic E-state index is 0.313. The summed E-state index contributed by atoms with van der Waals surface area (Å²) >= 11 is 0. The first-order valence-electron chi connectivity index (χ1n) is 11.0. The number of carbonyl (C=O) groups excluding carboxylic acids is 2. The van der Waals surface area contributed by atoms with Gasteiger partial charge < -0.3 is 10.6 Å². The Morgan fingerprint density at radius 2 is 1.14 bits per heavy atom. The number of hydrogen-bond donors (Lipinski definition) is 2. The molecular formula is C24H36N2O2. The molecule has 4 fully saturated rings. The Labute approximate surface area is 169 Å². The minimum Gasteiger partial charge on any atom is -0.388 e. The molecule has 2 N–H and O–H groups in total. The fourth-order valence-corrected chi connectivity index (χ4v) is 6.24. The Hall–Kier alpha value is -1.58. The Morgan fingerprint density at radius 1 is 0.786 bits per heavy atom. The van der Waals surface area contributed by atoms with E-state index in [9.17, 15) is 9.59 Å².